The molecule has 0 aliphatic carbocycles. The molecule has 0 saturated heterocycles. The molecule has 0 heterocycles. The number of ether oxygens (including phenoxy) is 3. The maximum absolute atomic E-state index is 13.0. The van der Waals surface area contributed by atoms with E-state index in [1.807, 2.05) is 0 Å². The number of carbonyl (C=O) groups excluding carboxylic acids is 3. The highest BCUT2D eigenvalue weighted by molar-refractivity contribution is 5.71. The highest BCUT2D eigenvalue weighted by Gasteiger charge is 2.19. The number of esters is 3. The van der Waals surface area contributed by atoms with Crippen LogP contribution < -0.4 is 0 Å². The Labute approximate surface area is 503 Å². The molecule has 1 atom stereocenters. The molecule has 468 valence electrons. The van der Waals surface area contributed by atoms with E-state index in [9.17, 15) is 14.4 Å². The van der Waals surface area contributed by atoms with Crippen molar-refractivity contribution in [2.45, 2.75) is 361 Å². The maximum Gasteiger partial charge on any atom is 0.306 e. The molecular weight excluding hydrogens is 997 g/mol. The number of hydrogen-bond donors (Lipinski definition) is 0. The van der Waals surface area contributed by atoms with E-state index >= 15 is 0 Å². The van der Waals surface area contributed by atoms with E-state index in [0.29, 0.717) is 19.3 Å². The van der Waals surface area contributed by atoms with Crippen LogP contribution in [0.2, 0.25) is 0 Å². The number of unbranched alkanes of at least 4 members (excludes halogenated alkanes) is 39. The zero-order valence-electron chi connectivity index (χ0n) is 53.8. The lowest BCUT2D eigenvalue weighted by molar-refractivity contribution is -0.167. The van der Waals surface area contributed by atoms with Crippen molar-refractivity contribution in [1.29, 1.82) is 0 Å². The lowest BCUT2D eigenvalue weighted by atomic mass is 10.1. The smallest absolute Gasteiger partial charge is 0.306 e. The summed E-state index contributed by atoms with van der Waals surface area (Å²) in [5.41, 5.74) is 0. The van der Waals surface area contributed by atoms with Gasteiger partial charge in [-0.25, -0.2) is 0 Å². The van der Waals surface area contributed by atoms with E-state index in [0.717, 1.165) is 103 Å². The molecule has 0 spiro atoms. The van der Waals surface area contributed by atoms with E-state index in [1.54, 1.807) is 0 Å². The van der Waals surface area contributed by atoms with Gasteiger partial charge in [-0.15, -0.1) is 0 Å². The van der Waals surface area contributed by atoms with Crippen molar-refractivity contribution in [2.75, 3.05) is 13.2 Å². The van der Waals surface area contributed by atoms with Crippen LogP contribution in [0.5, 0.6) is 0 Å². The number of allylic oxidation sites excluding steroid dienone is 14. The molecule has 81 heavy (non-hydrogen) atoms. The monoisotopic (exact) mass is 1130 g/mol. The van der Waals surface area contributed by atoms with Crippen LogP contribution in [-0.2, 0) is 28.6 Å². The Hall–Kier alpha value is -3.41. The van der Waals surface area contributed by atoms with Gasteiger partial charge in [-0.05, 0) is 122 Å². The summed E-state index contributed by atoms with van der Waals surface area (Å²) in [6.07, 6.45) is 91.6. The summed E-state index contributed by atoms with van der Waals surface area (Å²) in [6, 6.07) is 0. The van der Waals surface area contributed by atoms with Gasteiger partial charge >= 0.3 is 17.9 Å². The van der Waals surface area contributed by atoms with Crippen molar-refractivity contribution < 1.29 is 28.6 Å². The molecule has 0 bridgehead atoms. The number of carbonyl (C=O) groups is 3. The van der Waals surface area contributed by atoms with Gasteiger partial charge < -0.3 is 14.2 Å². The third-order valence-corrected chi connectivity index (χ3v) is 15.3. The van der Waals surface area contributed by atoms with Gasteiger partial charge in [0.1, 0.15) is 13.2 Å². The van der Waals surface area contributed by atoms with Crippen LogP contribution in [0.1, 0.15) is 355 Å². The predicted molar refractivity (Wildman–Crippen MR) is 353 cm³/mol. The van der Waals surface area contributed by atoms with E-state index in [2.05, 4.69) is 106 Å². The van der Waals surface area contributed by atoms with Crippen LogP contribution in [0.3, 0.4) is 0 Å². The van der Waals surface area contributed by atoms with Gasteiger partial charge in [0, 0.05) is 19.3 Å². The first-order valence-corrected chi connectivity index (χ1v) is 35.1. The molecule has 0 aliphatic heterocycles. The Kier molecular flexibility index (Phi) is 66.2. The fraction of sp³-hybridized carbons (Fsp3) is 0.773. The minimum absolute atomic E-state index is 0.0841. The maximum atomic E-state index is 13.0. The van der Waals surface area contributed by atoms with E-state index in [4.69, 9.17) is 14.2 Å². The zero-order chi connectivity index (χ0) is 58.5. The molecule has 0 rings (SSSR count). The van der Waals surface area contributed by atoms with Gasteiger partial charge in [0.25, 0.3) is 0 Å². The summed E-state index contributed by atoms with van der Waals surface area (Å²) in [5, 5.41) is 0. The molecule has 0 aromatic carbocycles. The standard InChI is InChI=1S/C75H132O6/c1-4-7-10-13-16-19-22-25-28-31-34-36-37-39-41-44-47-50-53-56-59-62-65-68-74(77)80-71-72(70-79-73(76)67-64-61-58-55-52-49-46-43-40-33-30-27-24-21-18-15-12-9-6-3)81-75(78)69-66-63-60-57-54-51-48-45-42-38-35-32-29-26-23-20-17-14-11-8-5-2/h22-23,25-27,30-32,34-35,37,39,42,45,72H,4-21,24,28-29,33,36,38,40-41,43-44,46-71H2,1-3H3/b25-22-,26-23-,30-27-,34-31-,35-32-,39-37-,45-42-. The average Bonchev–Trinajstić information content (AvgIpc) is 3.47. The van der Waals surface area contributed by atoms with Gasteiger partial charge in [-0.2, -0.15) is 0 Å². The first kappa shape index (κ1) is 77.6. The zero-order valence-corrected chi connectivity index (χ0v) is 53.8. The van der Waals surface area contributed by atoms with Crippen LogP contribution in [0.15, 0.2) is 85.1 Å². The summed E-state index contributed by atoms with van der Waals surface area (Å²) in [6.45, 7) is 6.64. The highest BCUT2D eigenvalue weighted by Crippen LogP contribution is 2.16. The molecule has 0 aliphatic rings. The second-order valence-electron chi connectivity index (χ2n) is 23.4. The van der Waals surface area contributed by atoms with Crippen molar-refractivity contribution in [3.8, 4) is 0 Å². The lowest BCUT2D eigenvalue weighted by Gasteiger charge is -2.18. The first-order valence-electron chi connectivity index (χ1n) is 35.1. The van der Waals surface area contributed by atoms with Crippen molar-refractivity contribution >= 4 is 17.9 Å². The van der Waals surface area contributed by atoms with Gasteiger partial charge in [0.2, 0.25) is 0 Å². The molecule has 6 heteroatoms. The number of hydrogen-bond acceptors (Lipinski definition) is 6. The van der Waals surface area contributed by atoms with Gasteiger partial charge in [0.05, 0.1) is 0 Å². The largest absolute Gasteiger partial charge is 0.462 e. The van der Waals surface area contributed by atoms with E-state index in [1.165, 1.54) is 212 Å². The van der Waals surface area contributed by atoms with Gasteiger partial charge in [-0.3, -0.25) is 14.4 Å². The predicted octanol–water partition coefficient (Wildman–Crippen LogP) is 24.2. The molecule has 6 nitrogen and oxygen atoms in total. The normalized spacial score (nSPS) is 12.6. The molecule has 0 aromatic rings. The Morgan fingerprint density at radius 2 is 0.444 bits per heavy atom. The fourth-order valence-corrected chi connectivity index (χ4v) is 10.0. The SMILES string of the molecule is CCCCCCC/C=C\C/C=C\C/C=C\CCCCCCCCCCC(=O)OCC(COC(=O)CCCCCCCCCCC/C=C\CCCCCCCC)OC(=O)CCCCCCCC/C=C\C/C=C\C/C=C\CCCCCCC. The summed E-state index contributed by atoms with van der Waals surface area (Å²) < 4.78 is 17.0. The third-order valence-electron chi connectivity index (χ3n) is 15.3. The second kappa shape index (κ2) is 69.1. The Morgan fingerprint density at radius 1 is 0.247 bits per heavy atom. The Bertz CT molecular complexity index is 1530. The average molecular weight is 1130 g/mol. The van der Waals surface area contributed by atoms with Crippen LogP contribution in [0, 0.1) is 0 Å². The fourth-order valence-electron chi connectivity index (χ4n) is 10.0. The Morgan fingerprint density at radius 3 is 0.704 bits per heavy atom. The molecule has 0 amide bonds. The molecule has 0 N–H and O–H groups in total. The lowest BCUT2D eigenvalue weighted by Crippen LogP contribution is -2.30. The topological polar surface area (TPSA) is 78.9 Å². The molecule has 0 fully saturated rings. The second-order valence-corrected chi connectivity index (χ2v) is 23.4. The summed E-state index contributed by atoms with van der Waals surface area (Å²) >= 11 is 0. The molecule has 0 radical (unpaired) electrons. The Balaban J connectivity index is 4.41. The van der Waals surface area contributed by atoms with Crippen molar-refractivity contribution in [3.05, 3.63) is 85.1 Å². The van der Waals surface area contributed by atoms with Crippen LogP contribution in [-0.4, -0.2) is 37.2 Å². The minimum atomic E-state index is -0.791. The number of rotatable bonds is 64. The summed E-state index contributed by atoms with van der Waals surface area (Å²) in [7, 11) is 0. The quantitative estimate of drug-likeness (QED) is 0.0261. The highest BCUT2D eigenvalue weighted by atomic mass is 16.6. The van der Waals surface area contributed by atoms with E-state index < -0.39 is 6.10 Å². The van der Waals surface area contributed by atoms with Crippen molar-refractivity contribution in [3.63, 3.8) is 0 Å². The minimum Gasteiger partial charge on any atom is -0.462 e. The van der Waals surface area contributed by atoms with E-state index in [-0.39, 0.29) is 31.1 Å². The van der Waals surface area contributed by atoms with Gasteiger partial charge in [-0.1, -0.05) is 298 Å². The van der Waals surface area contributed by atoms with Gasteiger partial charge in [0.15, 0.2) is 6.10 Å². The van der Waals surface area contributed by atoms with Crippen LogP contribution >= 0.6 is 0 Å². The molecular formula is C75H132O6. The van der Waals surface area contributed by atoms with Crippen molar-refractivity contribution in [1.82, 2.24) is 0 Å². The summed E-state index contributed by atoms with van der Waals surface area (Å²) in [5.74, 6) is -0.889. The third kappa shape index (κ3) is 67.3. The van der Waals surface area contributed by atoms with Crippen molar-refractivity contribution in [2.24, 2.45) is 0 Å². The van der Waals surface area contributed by atoms with Crippen LogP contribution in [0.25, 0.3) is 0 Å². The molecule has 0 aromatic heterocycles. The molecule has 0 saturated carbocycles. The molecule has 1 unspecified atom stereocenters. The summed E-state index contributed by atoms with van der Waals surface area (Å²) in [4.78, 5) is 38.5. The first-order chi connectivity index (χ1) is 40.0. The van der Waals surface area contributed by atoms with Crippen LogP contribution in [0.4, 0.5) is 0 Å².